The van der Waals surface area contributed by atoms with Gasteiger partial charge in [-0.05, 0) is 32.6 Å². The van der Waals surface area contributed by atoms with Crippen LogP contribution < -0.4 is 10.6 Å². The molecular weight excluding hydrogens is 388 g/mol. The van der Waals surface area contributed by atoms with Gasteiger partial charge in [0.05, 0.1) is 12.5 Å². The van der Waals surface area contributed by atoms with Crippen molar-refractivity contribution in [3.8, 4) is 6.07 Å². The Bertz CT molecular complexity index is 747. The van der Waals surface area contributed by atoms with Crippen molar-refractivity contribution in [3.63, 3.8) is 0 Å². The predicted molar refractivity (Wildman–Crippen MR) is 106 cm³/mol. The highest BCUT2D eigenvalue weighted by atomic mass is 16.5. The smallest absolute Gasteiger partial charge is 0.325 e. The number of imide groups is 1. The lowest BCUT2D eigenvalue weighted by Crippen LogP contribution is -2.52. The first-order chi connectivity index (χ1) is 14.3. The second kappa shape index (κ2) is 9.02. The maximum atomic E-state index is 12.7. The number of hydrogen-bond acceptors (Lipinski definition) is 6. The van der Waals surface area contributed by atoms with Crippen molar-refractivity contribution in [1.29, 1.82) is 5.26 Å². The Morgan fingerprint density at radius 3 is 2.33 bits per heavy atom. The fourth-order valence-corrected chi connectivity index (χ4v) is 4.64. The van der Waals surface area contributed by atoms with Crippen LogP contribution in [0.2, 0.25) is 0 Å². The SMILES string of the molecule is CC(OC(=O)CCN1C(=O)NC2(CCCCC2)C1=O)C(=O)NC1(C#N)CCCCC1. The summed E-state index contributed by atoms with van der Waals surface area (Å²) >= 11 is 0. The lowest BCUT2D eigenvalue weighted by atomic mass is 9.82. The Hall–Kier alpha value is -2.63. The maximum Gasteiger partial charge on any atom is 0.325 e. The Labute approximate surface area is 176 Å². The Kier molecular flexibility index (Phi) is 6.64. The summed E-state index contributed by atoms with van der Waals surface area (Å²) in [4.78, 5) is 50.6. The van der Waals surface area contributed by atoms with Crippen molar-refractivity contribution in [2.24, 2.45) is 0 Å². The molecule has 0 aromatic carbocycles. The average Bonchev–Trinajstić information content (AvgIpc) is 2.96. The van der Waals surface area contributed by atoms with E-state index in [1.54, 1.807) is 0 Å². The van der Waals surface area contributed by atoms with Gasteiger partial charge in [0.25, 0.3) is 11.8 Å². The molecule has 2 N–H and O–H groups in total. The molecule has 1 aliphatic heterocycles. The predicted octanol–water partition coefficient (Wildman–Crippen LogP) is 1.91. The summed E-state index contributed by atoms with van der Waals surface area (Å²) in [7, 11) is 0. The normalized spacial score (nSPS) is 23.4. The number of nitriles is 1. The number of ether oxygens (including phenoxy) is 1. The number of esters is 1. The van der Waals surface area contributed by atoms with Gasteiger partial charge in [0.2, 0.25) is 0 Å². The first-order valence-corrected chi connectivity index (χ1v) is 10.9. The molecule has 30 heavy (non-hydrogen) atoms. The van der Waals surface area contributed by atoms with Gasteiger partial charge in [-0.15, -0.1) is 0 Å². The van der Waals surface area contributed by atoms with Crippen LogP contribution in [0.25, 0.3) is 0 Å². The first kappa shape index (κ1) is 22.1. The van der Waals surface area contributed by atoms with E-state index in [4.69, 9.17) is 4.74 Å². The molecule has 3 fully saturated rings. The molecule has 3 aliphatic rings. The van der Waals surface area contributed by atoms with Gasteiger partial charge in [-0.2, -0.15) is 5.26 Å². The molecule has 1 saturated heterocycles. The van der Waals surface area contributed by atoms with Gasteiger partial charge < -0.3 is 15.4 Å². The average molecular weight is 418 g/mol. The summed E-state index contributed by atoms with van der Waals surface area (Å²) in [5.74, 6) is -1.46. The first-order valence-electron chi connectivity index (χ1n) is 10.9. The molecule has 0 aromatic rings. The van der Waals surface area contributed by atoms with Crippen molar-refractivity contribution in [2.45, 2.75) is 94.7 Å². The number of rotatable bonds is 6. The number of amides is 4. The molecular formula is C21H30N4O5. The van der Waals surface area contributed by atoms with Crippen LogP contribution in [-0.2, 0) is 19.1 Å². The summed E-state index contributed by atoms with van der Waals surface area (Å²) < 4.78 is 5.18. The molecule has 1 unspecified atom stereocenters. The highest BCUT2D eigenvalue weighted by Crippen LogP contribution is 2.33. The minimum Gasteiger partial charge on any atom is -0.452 e. The largest absolute Gasteiger partial charge is 0.452 e. The van der Waals surface area contributed by atoms with Gasteiger partial charge in [0.1, 0.15) is 11.1 Å². The number of nitrogens with zero attached hydrogens (tertiary/aromatic N) is 2. The number of urea groups is 1. The molecule has 9 heteroatoms. The Balaban J connectivity index is 1.48. The molecule has 0 radical (unpaired) electrons. The van der Waals surface area contributed by atoms with Crippen LogP contribution in [0.1, 0.15) is 77.6 Å². The summed E-state index contributed by atoms with van der Waals surface area (Å²) in [6.07, 6.45) is 6.77. The molecule has 1 heterocycles. The molecule has 0 bridgehead atoms. The monoisotopic (exact) mass is 418 g/mol. The quantitative estimate of drug-likeness (QED) is 0.501. The number of carbonyl (C=O) groups is 4. The van der Waals surface area contributed by atoms with Crippen molar-refractivity contribution in [2.75, 3.05) is 6.54 Å². The molecule has 1 atom stereocenters. The fraction of sp³-hybridized carbons (Fsp3) is 0.762. The Morgan fingerprint density at radius 1 is 1.13 bits per heavy atom. The highest BCUT2D eigenvalue weighted by molar-refractivity contribution is 6.07. The molecule has 2 saturated carbocycles. The molecule has 164 valence electrons. The van der Waals surface area contributed by atoms with Crippen LogP contribution in [0.5, 0.6) is 0 Å². The second-order valence-corrected chi connectivity index (χ2v) is 8.66. The van der Waals surface area contributed by atoms with Crippen molar-refractivity contribution in [1.82, 2.24) is 15.5 Å². The van der Waals surface area contributed by atoms with Crippen LogP contribution in [0.15, 0.2) is 0 Å². The van der Waals surface area contributed by atoms with E-state index in [0.717, 1.165) is 43.4 Å². The van der Waals surface area contributed by atoms with Crippen LogP contribution in [0.4, 0.5) is 4.79 Å². The van der Waals surface area contributed by atoms with Crippen LogP contribution in [-0.4, -0.2) is 52.4 Å². The topological polar surface area (TPSA) is 129 Å². The van der Waals surface area contributed by atoms with E-state index in [1.807, 2.05) is 0 Å². The van der Waals surface area contributed by atoms with Crippen LogP contribution in [0, 0.1) is 11.3 Å². The molecule has 4 amide bonds. The number of carbonyl (C=O) groups excluding carboxylic acids is 4. The lowest BCUT2D eigenvalue weighted by Gasteiger charge is -2.32. The molecule has 1 spiro atoms. The summed E-state index contributed by atoms with van der Waals surface area (Å²) in [5.41, 5.74) is -1.72. The minimum absolute atomic E-state index is 0.0816. The van der Waals surface area contributed by atoms with Gasteiger partial charge >= 0.3 is 12.0 Å². The summed E-state index contributed by atoms with van der Waals surface area (Å²) in [5, 5.41) is 15.0. The van der Waals surface area contributed by atoms with Crippen LogP contribution >= 0.6 is 0 Å². The van der Waals surface area contributed by atoms with E-state index in [2.05, 4.69) is 16.7 Å². The summed E-state index contributed by atoms with van der Waals surface area (Å²) in [6.45, 7) is 1.37. The Morgan fingerprint density at radius 2 is 1.73 bits per heavy atom. The van der Waals surface area contributed by atoms with Crippen LogP contribution in [0.3, 0.4) is 0 Å². The van der Waals surface area contributed by atoms with Crippen molar-refractivity contribution >= 4 is 23.8 Å². The van der Waals surface area contributed by atoms with Gasteiger partial charge in [0.15, 0.2) is 6.10 Å². The van der Waals surface area contributed by atoms with Gasteiger partial charge in [-0.1, -0.05) is 38.5 Å². The maximum absolute atomic E-state index is 12.7. The van der Waals surface area contributed by atoms with E-state index in [9.17, 15) is 24.4 Å². The minimum atomic E-state index is -1.06. The molecule has 2 aliphatic carbocycles. The van der Waals surface area contributed by atoms with Crippen molar-refractivity contribution in [3.05, 3.63) is 0 Å². The van der Waals surface area contributed by atoms with Gasteiger partial charge in [-0.25, -0.2) is 4.79 Å². The van der Waals surface area contributed by atoms with E-state index >= 15 is 0 Å². The number of hydrogen-bond donors (Lipinski definition) is 2. The zero-order chi connectivity index (χ0) is 21.8. The van der Waals surface area contributed by atoms with Gasteiger partial charge in [0, 0.05) is 6.54 Å². The summed E-state index contributed by atoms with van der Waals surface area (Å²) in [6, 6.07) is 1.72. The highest BCUT2D eigenvalue weighted by Gasteiger charge is 2.51. The second-order valence-electron chi connectivity index (χ2n) is 8.66. The van der Waals surface area contributed by atoms with Gasteiger partial charge in [-0.3, -0.25) is 19.3 Å². The third-order valence-corrected chi connectivity index (χ3v) is 6.45. The third-order valence-electron chi connectivity index (χ3n) is 6.45. The standard InChI is InChI=1S/C21H30N4O5/c1-15(17(27)23-20(14-22)9-4-2-5-10-20)30-16(26)8-13-25-18(28)21(24-19(25)29)11-6-3-7-12-21/h15H,2-13H2,1H3,(H,23,27)(H,24,29). The zero-order valence-electron chi connectivity index (χ0n) is 17.5. The van der Waals surface area contributed by atoms with Crippen molar-refractivity contribution < 1.29 is 23.9 Å². The van der Waals surface area contributed by atoms with E-state index in [-0.39, 0.29) is 18.9 Å². The third kappa shape index (κ3) is 4.58. The molecule has 9 nitrogen and oxygen atoms in total. The number of nitrogens with one attached hydrogen (secondary N) is 2. The van der Waals surface area contributed by atoms with E-state index < -0.39 is 35.1 Å². The van der Waals surface area contributed by atoms with E-state index in [0.29, 0.717) is 25.7 Å². The lowest BCUT2D eigenvalue weighted by molar-refractivity contribution is -0.155. The zero-order valence-corrected chi connectivity index (χ0v) is 17.5. The fourth-order valence-electron chi connectivity index (χ4n) is 4.64. The van der Waals surface area contributed by atoms with E-state index in [1.165, 1.54) is 6.92 Å². The molecule has 3 rings (SSSR count). The molecule has 0 aromatic heterocycles.